The van der Waals surface area contributed by atoms with Gasteiger partial charge >= 0.3 is 0 Å². The predicted octanol–water partition coefficient (Wildman–Crippen LogP) is 2.37. The van der Waals surface area contributed by atoms with Gasteiger partial charge in [-0.25, -0.2) is 0 Å². The largest absolute Gasteiger partial charge is 0.507 e. The Morgan fingerprint density at radius 2 is 2.00 bits per heavy atom. The number of rotatable bonds is 2. The monoisotopic (exact) mass is 273 g/mol. The summed E-state index contributed by atoms with van der Waals surface area (Å²) >= 11 is 0. The van der Waals surface area contributed by atoms with Gasteiger partial charge in [0.15, 0.2) is 0 Å². The summed E-state index contributed by atoms with van der Waals surface area (Å²) in [7, 11) is 0. The van der Waals surface area contributed by atoms with Gasteiger partial charge in [0.1, 0.15) is 11.5 Å². The molecule has 2 aliphatic rings. The van der Waals surface area contributed by atoms with Crippen LogP contribution in [0.25, 0.3) is 0 Å². The van der Waals surface area contributed by atoms with Crippen LogP contribution < -0.4 is 0 Å². The quantitative estimate of drug-likeness (QED) is 0.900. The highest BCUT2D eigenvalue weighted by Crippen LogP contribution is 2.34. The van der Waals surface area contributed by atoms with Crippen LogP contribution >= 0.6 is 0 Å². The first-order valence-corrected chi connectivity index (χ1v) is 7.30. The second-order valence-electron chi connectivity index (χ2n) is 5.69. The van der Waals surface area contributed by atoms with Crippen molar-refractivity contribution in [3.8, 4) is 5.75 Å². The number of para-hydroxylation sites is 1. The highest BCUT2D eigenvalue weighted by Gasteiger charge is 2.40. The van der Waals surface area contributed by atoms with Crippen LogP contribution in [0.2, 0.25) is 0 Å². The van der Waals surface area contributed by atoms with Crippen molar-refractivity contribution in [1.29, 1.82) is 0 Å². The number of amides is 1. The number of phenolic OH excluding ortho intramolecular Hbond substituents is 1. The fraction of sp³-hybridized carbons (Fsp3) is 0.500. The van der Waals surface area contributed by atoms with E-state index < -0.39 is 0 Å². The van der Waals surface area contributed by atoms with Crippen LogP contribution in [0.15, 0.2) is 24.3 Å². The molecule has 1 amide bonds. The third-order valence-corrected chi connectivity index (χ3v) is 4.51. The number of likely N-dealkylation sites (tertiary alicyclic amines) is 1. The van der Waals surface area contributed by atoms with Gasteiger partial charge in [-0.1, -0.05) is 12.1 Å². The molecule has 0 spiro atoms. The maximum absolute atomic E-state index is 12.6. The lowest BCUT2D eigenvalue weighted by Gasteiger charge is -2.28. The van der Waals surface area contributed by atoms with Crippen molar-refractivity contribution in [3.63, 3.8) is 0 Å². The minimum Gasteiger partial charge on any atom is -0.507 e. The van der Waals surface area contributed by atoms with Crippen molar-refractivity contribution in [2.24, 2.45) is 5.92 Å². The third-order valence-electron chi connectivity index (χ3n) is 4.51. The van der Waals surface area contributed by atoms with Crippen LogP contribution in [-0.2, 0) is 4.79 Å². The van der Waals surface area contributed by atoms with Gasteiger partial charge in [0.25, 0.3) is 5.91 Å². The van der Waals surface area contributed by atoms with Crippen LogP contribution in [-0.4, -0.2) is 34.3 Å². The molecule has 2 unspecified atom stereocenters. The summed E-state index contributed by atoms with van der Waals surface area (Å²) in [6.45, 7) is 0.682. The molecule has 20 heavy (non-hydrogen) atoms. The normalized spacial score (nSPS) is 26.2. The lowest BCUT2D eigenvalue weighted by atomic mass is 9.94. The molecule has 0 bridgehead atoms. The molecule has 4 heteroatoms. The number of benzene rings is 1. The second kappa shape index (κ2) is 5.27. The summed E-state index contributed by atoms with van der Waals surface area (Å²) < 4.78 is 0. The van der Waals surface area contributed by atoms with E-state index in [4.69, 9.17) is 0 Å². The first-order chi connectivity index (χ1) is 9.68. The molecule has 1 N–H and O–H groups in total. The summed E-state index contributed by atoms with van der Waals surface area (Å²) in [5.41, 5.74) is 0.338. The van der Waals surface area contributed by atoms with Crippen LogP contribution in [0.5, 0.6) is 5.75 Å². The van der Waals surface area contributed by atoms with E-state index in [9.17, 15) is 14.7 Å². The minimum atomic E-state index is -0.148. The van der Waals surface area contributed by atoms with Crippen molar-refractivity contribution in [1.82, 2.24) is 4.90 Å². The number of nitrogens with zero attached hydrogens (tertiary/aromatic N) is 1. The third kappa shape index (κ3) is 2.19. The number of aromatic hydroxyl groups is 1. The SMILES string of the molecule is O=C1CCCC1C1CCCN1C(=O)c1ccccc1O. The number of hydrogen-bond donors (Lipinski definition) is 1. The van der Waals surface area contributed by atoms with Gasteiger partial charge < -0.3 is 10.0 Å². The fourth-order valence-electron chi connectivity index (χ4n) is 3.52. The molecule has 4 nitrogen and oxygen atoms in total. The van der Waals surface area contributed by atoms with E-state index in [1.165, 1.54) is 6.07 Å². The zero-order valence-electron chi connectivity index (χ0n) is 11.4. The molecule has 0 radical (unpaired) electrons. The molecule has 2 fully saturated rings. The van der Waals surface area contributed by atoms with Crippen molar-refractivity contribution < 1.29 is 14.7 Å². The van der Waals surface area contributed by atoms with Gasteiger partial charge in [-0.15, -0.1) is 0 Å². The Morgan fingerprint density at radius 3 is 2.70 bits per heavy atom. The second-order valence-corrected chi connectivity index (χ2v) is 5.69. The number of hydrogen-bond acceptors (Lipinski definition) is 3. The lowest BCUT2D eigenvalue weighted by Crippen LogP contribution is -2.41. The average Bonchev–Trinajstić information content (AvgIpc) is 3.06. The highest BCUT2D eigenvalue weighted by molar-refractivity contribution is 5.97. The molecule has 1 aliphatic heterocycles. The van der Waals surface area contributed by atoms with Crippen molar-refractivity contribution in [2.45, 2.75) is 38.1 Å². The van der Waals surface area contributed by atoms with Gasteiger partial charge in [0.2, 0.25) is 0 Å². The Bertz CT molecular complexity index is 540. The Balaban J connectivity index is 1.83. The predicted molar refractivity (Wildman–Crippen MR) is 74.5 cm³/mol. The van der Waals surface area contributed by atoms with E-state index in [0.717, 1.165) is 25.7 Å². The summed E-state index contributed by atoms with van der Waals surface area (Å²) in [4.78, 5) is 26.3. The fourth-order valence-corrected chi connectivity index (χ4v) is 3.52. The molecule has 1 heterocycles. The molecule has 3 rings (SSSR count). The van der Waals surface area contributed by atoms with Crippen LogP contribution in [0.1, 0.15) is 42.5 Å². The van der Waals surface area contributed by atoms with E-state index in [2.05, 4.69) is 0 Å². The van der Waals surface area contributed by atoms with Gasteiger partial charge in [0.05, 0.1) is 5.56 Å². The number of ketones is 1. The summed E-state index contributed by atoms with van der Waals surface area (Å²) in [5.74, 6) is 0.172. The summed E-state index contributed by atoms with van der Waals surface area (Å²) in [6, 6.07) is 6.65. The Morgan fingerprint density at radius 1 is 1.20 bits per heavy atom. The minimum absolute atomic E-state index is 0.00676. The average molecular weight is 273 g/mol. The zero-order valence-corrected chi connectivity index (χ0v) is 11.4. The van der Waals surface area contributed by atoms with Gasteiger partial charge in [-0.05, 0) is 37.8 Å². The van der Waals surface area contributed by atoms with E-state index in [0.29, 0.717) is 24.3 Å². The van der Waals surface area contributed by atoms with Crippen LogP contribution in [0.3, 0.4) is 0 Å². The molecule has 1 aromatic rings. The maximum atomic E-state index is 12.6. The summed E-state index contributed by atoms with van der Waals surface area (Å²) in [5, 5.41) is 9.83. The van der Waals surface area contributed by atoms with Crippen molar-refractivity contribution >= 4 is 11.7 Å². The van der Waals surface area contributed by atoms with E-state index in [1.54, 1.807) is 23.1 Å². The number of carbonyl (C=O) groups excluding carboxylic acids is 2. The molecular formula is C16H19NO3. The Kier molecular flexibility index (Phi) is 3.47. The highest BCUT2D eigenvalue weighted by atomic mass is 16.3. The summed E-state index contributed by atoms with van der Waals surface area (Å²) in [6.07, 6.45) is 4.33. The standard InChI is InChI=1S/C16H19NO3/c18-14-9-3-6-11(14)13-7-4-10-17(13)16(20)12-5-1-2-8-15(12)19/h1-2,5,8,11,13,19H,3-4,6-7,9-10H2. The number of Topliss-reactive ketones (excluding diaryl/α,β-unsaturated/α-hetero) is 1. The number of phenols is 1. The Hall–Kier alpha value is -1.84. The smallest absolute Gasteiger partial charge is 0.257 e. The van der Waals surface area contributed by atoms with Crippen LogP contribution in [0, 0.1) is 5.92 Å². The van der Waals surface area contributed by atoms with E-state index in [-0.39, 0.29) is 23.6 Å². The maximum Gasteiger partial charge on any atom is 0.257 e. The molecule has 1 saturated heterocycles. The first-order valence-electron chi connectivity index (χ1n) is 7.30. The van der Waals surface area contributed by atoms with Crippen molar-refractivity contribution in [3.05, 3.63) is 29.8 Å². The van der Waals surface area contributed by atoms with Crippen LogP contribution in [0.4, 0.5) is 0 Å². The molecule has 106 valence electrons. The zero-order chi connectivity index (χ0) is 14.1. The van der Waals surface area contributed by atoms with E-state index >= 15 is 0 Å². The Labute approximate surface area is 118 Å². The van der Waals surface area contributed by atoms with Crippen molar-refractivity contribution in [2.75, 3.05) is 6.54 Å². The molecular weight excluding hydrogens is 254 g/mol. The van der Waals surface area contributed by atoms with Gasteiger partial charge in [0, 0.05) is 24.9 Å². The molecule has 2 atom stereocenters. The van der Waals surface area contributed by atoms with Gasteiger partial charge in [-0.3, -0.25) is 9.59 Å². The molecule has 1 saturated carbocycles. The molecule has 1 aliphatic carbocycles. The van der Waals surface area contributed by atoms with Gasteiger partial charge in [-0.2, -0.15) is 0 Å². The number of carbonyl (C=O) groups is 2. The first kappa shape index (κ1) is 13.2. The lowest BCUT2D eigenvalue weighted by molar-refractivity contribution is -0.121. The molecule has 0 aromatic heterocycles. The van der Waals surface area contributed by atoms with E-state index in [1.807, 2.05) is 0 Å². The molecule has 1 aromatic carbocycles. The topological polar surface area (TPSA) is 57.6 Å².